The van der Waals surface area contributed by atoms with E-state index in [4.69, 9.17) is 0 Å². The average molecular weight is 547 g/mol. The van der Waals surface area contributed by atoms with E-state index in [1.54, 1.807) is 31.2 Å². The van der Waals surface area contributed by atoms with Gasteiger partial charge in [-0.15, -0.1) is 0 Å². The van der Waals surface area contributed by atoms with Gasteiger partial charge in [-0.05, 0) is 0 Å². The number of benzene rings is 2. The molecule has 29 heavy (non-hydrogen) atoms. The second kappa shape index (κ2) is 7.99. The van der Waals surface area contributed by atoms with Gasteiger partial charge >= 0.3 is 189 Å². The Balaban J connectivity index is 1.67. The van der Waals surface area contributed by atoms with E-state index < -0.39 is 22.9 Å². The van der Waals surface area contributed by atoms with Crippen molar-refractivity contribution in [3.8, 4) is 0 Å². The van der Waals surface area contributed by atoms with Crippen molar-refractivity contribution in [2.24, 2.45) is 0 Å². The van der Waals surface area contributed by atoms with Crippen molar-refractivity contribution in [1.29, 1.82) is 0 Å². The van der Waals surface area contributed by atoms with Gasteiger partial charge in [0.15, 0.2) is 0 Å². The molecule has 2 aromatic rings. The molecule has 0 N–H and O–H groups in total. The summed E-state index contributed by atoms with van der Waals surface area (Å²) < 4.78 is 2.15. The molecular weight excluding hydrogens is 515 g/mol. The fourth-order valence-electron chi connectivity index (χ4n) is 5.11. The van der Waals surface area contributed by atoms with Crippen LogP contribution < -0.4 is 0 Å². The summed E-state index contributed by atoms with van der Waals surface area (Å²) in [6.07, 6.45) is 3.80. The predicted octanol–water partition coefficient (Wildman–Crippen LogP) is 8.27. The van der Waals surface area contributed by atoms with Crippen LogP contribution in [-0.4, -0.2) is 0 Å². The van der Waals surface area contributed by atoms with E-state index in [1.165, 1.54) is 17.5 Å². The fourth-order valence-corrected chi connectivity index (χ4v) is 12.3. The quantitative estimate of drug-likeness (QED) is 0.331. The van der Waals surface area contributed by atoms with E-state index in [-0.39, 0.29) is 0 Å². The molecule has 0 heterocycles. The van der Waals surface area contributed by atoms with Crippen LogP contribution in [0, 0.1) is 0 Å². The van der Waals surface area contributed by atoms with Gasteiger partial charge in [0.05, 0.1) is 0 Å². The molecule has 2 aliphatic rings. The molecule has 0 aromatic heterocycles. The Bertz CT molecular complexity index is 995. The van der Waals surface area contributed by atoms with Crippen LogP contribution in [0.3, 0.4) is 0 Å². The van der Waals surface area contributed by atoms with Gasteiger partial charge in [-0.25, -0.2) is 0 Å². The van der Waals surface area contributed by atoms with E-state index in [0.717, 1.165) is 0 Å². The number of fused-ring (bicyclic) bond motifs is 1. The number of hydrogen-bond donors (Lipinski definition) is 0. The minimum absolute atomic E-state index is 0.344. The topological polar surface area (TPSA) is 0 Å². The molecule has 4 rings (SSSR count). The number of hydrogen-bond acceptors (Lipinski definition) is 0. The summed E-state index contributed by atoms with van der Waals surface area (Å²) in [7, 11) is 0. The van der Waals surface area contributed by atoms with Crippen LogP contribution in [0.25, 0.3) is 6.08 Å². The third-order valence-electron chi connectivity index (χ3n) is 7.60. The molecule has 0 nitrogen and oxygen atoms in total. The molecule has 0 fully saturated rings. The molecule has 0 bridgehead atoms. The molecule has 2 atom stereocenters. The summed E-state index contributed by atoms with van der Waals surface area (Å²) in [6.45, 7) is 14.4. The monoisotopic (exact) mass is 548 g/mol. The average Bonchev–Trinajstić information content (AvgIpc) is 3.14. The van der Waals surface area contributed by atoms with Crippen molar-refractivity contribution in [3.05, 3.63) is 96.9 Å². The van der Waals surface area contributed by atoms with Gasteiger partial charge in [0.1, 0.15) is 0 Å². The molecule has 1 heteroatoms. The Morgan fingerprint density at radius 1 is 0.862 bits per heavy atom. The van der Waals surface area contributed by atoms with Crippen molar-refractivity contribution >= 4 is 6.08 Å². The standard InChI is InChI=1S/C18H17.C10H15.Hf/c1-14(15-7-3-2-4-8-15)13-17-12-11-16-9-5-6-10-18(16)17;1-6-7(2)9(4)10(5)8(6)3;/h2-11,14,17H,13H2,1H3;1-5H3;. The van der Waals surface area contributed by atoms with Gasteiger partial charge < -0.3 is 0 Å². The van der Waals surface area contributed by atoms with Crippen LogP contribution in [0.1, 0.15) is 76.5 Å². The van der Waals surface area contributed by atoms with Crippen LogP contribution in [-0.2, 0) is 22.9 Å². The molecule has 148 valence electrons. The van der Waals surface area contributed by atoms with Crippen molar-refractivity contribution in [3.63, 3.8) is 0 Å². The van der Waals surface area contributed by atoms with E-state index in [2.05, 4.69) is 102 Å². The summed E-state index contributed by atoms with van der Waals surface area (Å²) in [4.78, 5) is 0. The zero-order chi connectivity index (χ0) is 20.8. The van der Waals surface area contributed by atoms with E-state index >= 15 is 0 Å². The molecule has 2 aliphatic carbocycles. The second-order valence-electron chi connectivity index (χ2n) is 9.08. The molecule has 0 aliphatic heterocycles. The third kappa shape index (κ3) is 3.61. The first kappa shape index (κ1) is 20.8. The first-order chi connectivity index (χ1) is 13.8. The predicted molar refractivity (Wildman–Crippen MR) is 122 cm³/mol. The third-order valence-corrected chi connectivity index (χ3v) is 14.9. The summed E-state index contributed by atoms with van der Waals surface area (Å²) in [6, 6.07) is 20.2. The summed E-state index contributed by atoms with van der Waals surface area (Å²) in [5.74, 6) is 1.18. The Morgan fingerprint density at radius 2 is 1.45 bits per heavy atom. The fraction of sp³-hybridized carbons (Fsp3) is 0.357. The first-order valence-electron chi connectivity index (χ1n) is 10.8. The van der Waals surface area contributed by atoms with E-state index in [1.807, 2.05) is 0 Å². The van der Waals surface area contributed by atoms with Gasteiger partial charge in [0, 0.05) is 0 Å². The molecule has 0 saturated carbocycles. The van der Waals surface area contributed by atoms with Crippen LogP contribution in [0.15, 0.2) is 80.2 Å². The molecular formula is C28H32Hf. The molecule has 0 saturated heterocycles. The first-order valence-corrected chi connectivity index (χ1v) is 14.4. The minimum atomic E-state index is -1.12. The zero-order valence-corrected chi connectivity index (χ0v) is 22.2. The normalized spacial score (nSPS) is 21.3. The van der Waals surface area contributed by atoms with E-state index in [0.29, 0.717) is 15.0 Å². The summed E-state index contributed by atoms with van der Waals surface area (Å²) in [5.41, 5.74) is 10.9. The van der Waals surface area contributed by atoms with Crippen LogP contribution in [0.4, 0.5) is 0 Å². The SMILES string of the molecule is CC1=C(C)[C](C)([Hf][C]2=Cc3ccccc3C2CC(C)c2ccccc2)C(C)=C1C. The van der Waals surface area contributed by atoms with Crippen molar-refractivity contribution in [2.45, 2.75) is 63.0 Å². The second-order valence-corrected chi connectivity index (χ2v) is 15.6. The number of rotatable bonds is 5. The van der Waals surface area contributed by atoms with Gasteiger partial charge in [-0.3, -0.25) is 0 Å². The molecule has 0 radical (unpaired) electrons. The zero-order valence-electron chi connectivity index (χ0n) is 18.6. The number of allylic oxidation sites excluding steroid dienone is 5. The van der Waals surface area contributed by atoms with Crippen molar-refractivity contribution in [2.75, 3.05) is 0 Å². The van der Waals surface area contributed by atoms with Gasteiger partial charge in [0.25, 0.3) is 0 Å². The Labute approximate surface area is 188 Å². The van der Waals surface area contributed by atoms with Gasteiger partial charge in [0.2, 0.25) is 0 Å². The van der Waals surface area contributed by atoms with Gasteiger partial charge in [-0.2, -0.15) is 0 Å². The van der Waals surface area contributed by atoms with Crippen molar-refractivity contribution < 1.29 is 22.9 Å². The molecule has 2 unspecified atom stereocenters. The molecule has 0 amide bonds. The Hall–Kier alpha value is -1.47. The molecule has 2 aromatic carbocycles. The maximum atomic E-state index is 2.58. The van der Waals surface area contributed by atoms with Crippen LogP contribution in [0.5, 0.6) is 0 Å². The summed E-state index contributed by atoms with van der Waals surface area (Å²) in [5, 5.41) is 0. The maximum absolute atomic E-state index is 2.58. The van der Waals surface area contributed by atoms with Crippen LogP contribution >= 0.6 is 0 Å². The van der Waals surface area contributed by atoms with Gasteiger partial charge in [-0.1, -0.05) is 0 Å². The van der Waals surface area contributed by atoms with E-state index in [9.17, 15) is 0 Å². The van der Waals surface area contributed by atoms with Crippen molar-refractivity contribution in [1.82, 2.24) is 0 Å². The summed E-state index contributed by atoms with van der Waals surface area (Å²) >= 11 is -1.12. The van der Waals surface area contributed by atoms with Crippen LogP contribution in [0.2, 0.25) is 3.17 Å². The Kier molecular flexibility index (Phi) is 5.73. The molecule has 0 spiro atoms. The Morgan fingerprint density at radius 3 is 2.10 bits per heavy atom.